The second-order valence-corrected chi connectivity index (χ2v) is 6.14. The van der Waals surface area contributed by atoms with Crippen molar-refractivity contribution in [2.75, 3.05) is 0 Å². The van der Waals surface area contributed by atoms with E-state index in [1.807, 2.05) is 32.0 Å². The van der Waals surface area contributed by atoms with Crippen LogP contribution < -0.4 is 5.73 Å². The lowest BCUT2D eigenvalue weighted by molar-refractivity contribution is 0.669. The smallest absolute Gasteiger partial charge is 0.0503 e. The lowest BCUT2D eigenvalue weighted by Gasteiger charge is -2.10. The van der Waals surface area contributed by atoms with Gasteiger partial charge in [0, 0.05) is 27.6 Å². The van der Waals surface area contributed by atoms with E-state index in [4.69, 9.17) is 17.3 Å². The standard InChI is InChI=1S/C12H18ClNOS/c1-3-9(2)16(15)8-11-5-4-10(7-14)6-12(11)13/h4-6,9H,3,7-8,14H2,1-2H3. The van der Waals surface area contributed by atoms with E-state index < -0.39 is 10.8 Å². The minimum absolute atomic E-state index is 0.213. The van der Waals surface area contributed by atoms with Gasteiger partial charge in [-0.3, -0.25) is 4.21 Å². The molecule has 16 heavy (non-hydrogen) atoms. The number of benzene rings is 1. The van der Waals surface area contributed by atoms with Crippen LogP contribution in [0, 0.1) is 0 Å². The van der Waals surface area contributed by atoms with E-state index in [9.17, 15) is 4.21 Å². The Kier molecular flexibility index (Phi) is 5.46. The third-order valence-electron chi connectivity index (χ3n) is 2.67. The van der Waals surface area contributed by atoms with Crippen molar-refractivity contribution in [3.05, 3.63) is 34.3 Å². The fourth-order valence-corrected chi connectivity index (χ4v) is 2.88. The number of nitrogens with two attached hydrogens (primary N) is 1. The maximum Gasteiger partial charge on any atom is 0.0503 e. The maximum absolute atomic E-state index is 11.9. The molecule has 0 bridgehead atoms. The van der Waals surface area contributed by atoms with Gasteiger partial charge in [0.15, 0.2) is 0 Å². The van der Waals surface area contributed by atoms with Crippen LogP contribution >= 0.6 is 11.6 Å². The highest BCUT2D eigenvalue weighted by molar-refractivity contribution is 7.84. The molecular formula is C12H18ClNOS. The molecule has 0 heterocycles. The summed E-state index contributed by atoms with van der Waals surface area (Å²) in [7, 11) is -0.850. The number of rotatable bonds is 5. The zero-order valence-corrected chi connectivity index (χ0v) is 11.3. The first-order chi connectivity index (χ1) is 7.58. The third kappa shape index (κ3) is 3.58. The first-order valence-corrected chi connectivity index (χ1v) is 7.19. The fraction of sp³-hybridized carbons (Fsp3) is 0.500. The Morgan fingerprint density at radius 2 is 2.19 bits per heavy atom. The SMILES string of the molecule is CCC(C)S(=O)Cc1ccc(CN)cc1Cl. The molecule has 2 unspecified atom stereocenters. The fourth-order valence-electron chi connectivity index (χ4n) is 1.32. The van der Waals surface area contributed by atoms with Gasteiger partial charge in [-0.25, -0.2) is 0 Å². The second kappa shape index (κ2) is 6.38. The van der Waals surface area contributed by atoms with Crippen LogP contribution in [0.3, 0.4) is 0 Å². The van der Waals surface area contributed by atoms with Gasteiger partial charge in [0.2, 0.25) is 0 Å². The molecule has 0 fully saturated rings. The summed E-state index contributed by atoms with van der Waals surface area (Å²) in [6, 6.07) is 5.71. The highest BCUT2D eigenvalue weighted by Gasteiger charge is 2.11. The Morgan fingerprint density at radius 1 is 1.50 bits per heavy atom. The largest absolute Gasteiger partial charge is 0.326 e. The van der Waals surface area contributed by atoms with Crippen molar-refractivity contribution in [3.8, 4) is 0 Å². The Morgan fingerprint density at radius 3 is 2.69 bits per heavy atom. The molecule has 0 aliphatic heterocycles. The van der Waals surface area contributed by atoms with Crippen LogP contribution in [0.15, 0.2) is 18.2 Å². The van der Waals surface area contributed by atoms with Crippen molar-refractivity contribution >= 4 is 22.4 Å². The van der Waals surface area contributed by atoms with Crippen molar-refractivity contribution in [1.82, 2.24) is 0 Å². The van der Waals surface area contributed by atoms with E-state index in [1.54, 1.807) is 0 Å². The van der Waals surface area contributed by atoms with Crippen molar-refractivity contribution < 1.29 is 4.21 Å². The highest BCUT2D eigenvalue weighted by atomic mass is 35.5. The third-order valence-corrected chi connectivity index (χ3v) is 4.85. The number of hydrogen-bond donors (Lipinski definition) is 1. The molecule has 2 atom stereocenters. The van der Waals surface area contributed by atoms with Crippen LogP contribution in [0.2, 0.25) is 5.02 Å². The van der Waals surface area contributed by atoms with E-state index in [-0.39, 0.29) is 5.25 Å². The highest BCUT2D eigenvalue weighted by Crippen LogP contribution is 2.20. The molecular weight excluding hydrogens is 242 g/mol. The summed E-state index contributed by atoms with van der Waals surface area (Å²) in [5.41, 5.74) is 7.47. The Balaban J connectivity index is 2.78. The van der Waals surface area contributed by atoms with Gasteiger partial charge in [0.25, 0.3) is 0 Å². The van der Waals surface area contributed by atoms with Crippen molar-refractivity contribution in [3.63, 3.8) is 0 Å². The summed E-state index contributed by atoms with van der Waals surface area (Å²) in [6.45, 7) is 4.52. The molecule has 1 aromatic carbocycles. The minimum Gasteiger partial charge on any atom is -0.326 e. The van der Waals surface area contributed by atoms with Gasteiger partial charge in [-0.1, -0.05) is 37.6 Å². The molecule has 2 N–H and O–H groups in total. The predicted octanol–water partition coefficient (Wildman–Crippen LogP) is 2.85. The van der Waals surface area contributed by atoms with Crippen LogP contribution in [-0.4, -0.2) is 9.46 Å². The zero-order valence-electron chi connectivity index (χ0n) is 9.70. The normalized spacial score (nSPS) is 14.8. The molecule has 90 valence electrons. The van der Waals surface area contributed by atoms with Gasteiger partial charge < -0.3 is 5.73 Å². The molecule has 0 saturated carbocycles. The zero-order chi connectivity index (χ0) is 12.1. The molecule has 0 aliphatic carbocycles. The summed E-state index contributed by atoms with van der Waals surface area (Å²) in [5.74, 6) is 0.526. The van der Waals surface area contributed by atoms with Gasteiger partial charge in [-0.15, -0.1) is 0 Å². The van der Waals surface area contributed by atoms with Crippen LogP contribution in [0.1, 0.15) is 31.4 Å². The topological polar surface area (TPSA) is 43.1 Å². The van der Waals surface area contributed by atoms with Crippen molar-refractivity contribution in [2.45, 2.75) is 37.8 Å². The summed E-state index contributed by atoms with van der Waals surface area (Å²) < 4.78 is 11.9. The van der Waals surface area contributed by atoms with Gasteiger partial charge >= 0.3 is 0 Å². The minimum atomic E-state index is -0.850. The average Bonchev–Trinajstić information content (AvgIpc) is 2.30. The maximum atomic E-state index is 11.9. The molecule has 0 amide bonds. The first-order valence-electron chi connectivity index (χ1n) is 5.43. The molecule has 1 aromatic rings. The van der Waals surface area contributed by atoms with Gasteiger partial charge in [-0.05, 0) is 23.6 Å². The number of halogens is 1. The lowest BCUT2D eigenvalue weighted by Crippen LogP contribution is -2.11. The van der Waals surface area contributed by atoms with E-state index in [0.717, 1.165) is 17.5 Å². The Labute approximate surface area is 105 Å². The molecule has 0 saturated heterocycles. The molecule has 2 nitrogen and oxygen atoms in total. The van der Waals surface area contributed by atoms with Crippen LogP contribution in [0.4, 0.5) is 0 Å². The molecule has 0 spiro atoms. The van der Waals surface area contributed by atoms with E-state index >= 15 is 0 Å². The van der Waals surface area contributed by atoms with Crippen LogP contribution in [-0.2, 0) is 23.1 Å². The Bertz CT molecular complexity index is 381. The monoisotopic (exact) mass is 259 g/mol. The molecule has 1 rings (SSSR count). The van der Waals surface area contributed by atoms with E-state index in [2.05, 4.69) is 0 Å². The lowest BCUT2D eigenvalue weighted by atomic mass is 10.1. The first kappa shape index (κ1) is 13.7. The summed E-state index contributed by atoms with van der Waals surface area (Å²) in [4.78, 5) is 0. The molecule has 0 aromatic heterocycles. The van der Waals surface area contributed by atoms with Crippen molar-refractivity contribution in [1.29, 1.82) is 0 Å². The Hall–Kier alpha value is -0.380. The van der Waals surface area contributed by atoms with Crippen LogP contribution in [0.5, 0.6) is 0 Å². The van der Waals surface area contributed by atoms with Crippen LogP contribution in [0.25, 0.3) is 0 Å². The molecule has 4 heteroatoms. The summed E-state index contributed by atoms with van der Waals surface area (Å²) >= 11 is 6.11. The van der Waals surface area contributed by atoms with E-state index in [1.165, 1.54) is 0 Å². The van der Waals surface area contributed by atoms with Gasteiger partial charge in [0.1, 0.15) is 0 Å². The predicted molar refractivity (Wildman–Crippen MR) is 70.9 cm³/mol. The summed E-state index contributed by atoms with van der Waals surface area (Å²) in [6.07, 6.45) is 0.922. The number of hydrogen-bond acceptors (Lipinski definition) is 2. The second-order valence-electron chi connectivity index (χ2n) is 3.87. The van der Waals surface area contributed by atoms with Gasteiger partial charge in [0.05, 0.1) is 5.75 Å². The van der Waals surface area contributed by atoms with Crippen molar-refractivity contribution in [2.24, 2.45) is 5.73 Å². The summed E-state index contributed by atoms with van der Waals surface area (Å²) in [5, 5.41) is 0.879. The van der Waals surface area contributed by atoms with E-state index in [0.29, 0.717) is 17.3 Å². The molecule has 0 radical (unpaired) electrons. The molecule has 0 aliphatic rings. The quantitative estimate of drug-likeness (QED) is 0.884. The van der Waals surface area contributed by atoms with Gasteiger partial charge in [-0.2, -0.15) is 0 Å². The average molecular weight is 260 g/mol.